The molecule has 7 heteroatoms. The monoisotopic (exact) mass is 410 g/mol. The normalized spacial score (nSPS) is 17.1. The Labute approximate surface area is 177 Å². The van der Waals surface area contributed by atoms with Crippen LogP contribution in [0.1, 0.15) is 18.1 Å². The Morgan fingerprint density at radius 3 is 2.60 bits per heavy atom. The molecule has 1 aliphatic rings. The third-order valence-electron chi connectivity index (χ3n) is 5.49. The van der Waals surface area contributed by atoms with Gasteiger partial charge in [0.1, 0.15) is 11.7 Å². The van der Waals surface area contributed by atoms with Gasteiger partial charge in [0.05, 0.1) is 7.11 Å². The fraction of sp³-hybridized carbons (Fsp3) is 0.391. The van der Waals surface area contributed by atoms with Gasteiger partial charge in [-0.2, -0.15) is 0 Å². The zero-order chi connectivity index (χ0) is 21.7. The zero-order valence-electron chi connectivity index (χ0n) is 17.6. The van der Waals surface area contributed by atoms with E-state index in [1.807, 2.05) is 30.3 Å². The number of amides is 2. The first-order valence-corrected chi connectivity index (χ1v) is 10.2. The van der Waals surface area contributed by atoms with Crippen LogP contribution >= 0.6 is 0 Å². The van der Waals surface area contributed by atoms with Crippen LogP contribution in [0.15, 0.2) is 42.5 Å². The predicted molar refractivity (Wildman–Crippen MR) is 117 cm³/mol. The third kappa shape index (κ3) is 5.37. The third-order valence-corrected chi connectivity index (χ3v) is 5.49. The number of nitrogens with zero attached hydrogens (tertiary/aromatic N) is 1. The van der Waals surface area contributed by atoms with E-state index in [2.05, 4.69) is 29.3 Å². The number of carbonyl (C=O) groups excluding carboxylic acids is 2. The van der Waals surface area contributed by atoms with Crippen LogP contribution in [0.5, 0.6) is 5.75 Å². The molecule has 0 radical (unpaired) electrons. The van der Waals surface area contributed by atoms with E-state index in [0.717, 1.165) is 48.6 Å². The van der Waals surface area contributed by atoms with Gasteiger partial charge in [-0.1, -0.05) is 24.3 Å². The lowest BCUT2D eigenvalue weighted by atomic mass is 9.94. The van der Waals surface area contributed by atoms with Crippen LogP contribution in [0.25, 0.3) is 11.1 Å². The van der Waals surface area contributed by atoms with E-state index in [4.69, 9.17) is 16.2 Å². The fourth-order valence-electron chi connectivity index (χ4n) is 3.94. The van der Waals surface area contributed by atoms with Crippen molar-refractivity contribution in [3.63, 3.8) is 0 Å². The highest BCUT2D eigenvalue weighted by molar-refractivity contribution is 5.99. The molecule has 0 aromatic heterocycles. The van der Waals surface area contributed by atoms with E-state index in [-0.39, 0.29) is 6.42 Å². The summed E-state index contributed by atoms with van der Waals surface area (Å²) >= 11 is 0. The highest BCUT2D eigenvalue weighted by Gasteiger charge is 2.23. The maximum Gasteiger partial charge on any atom is 0.230 e. The Kier molecular flexibility index (Phi) is 7.07. The van der Waals surface area contributed by atoms with Crippen LogP contribution in [0, 0.1) is 5.92 Å². The molecular formula is C23H30N4O3. The summed E-state index contributed by atoms with van der Waals surface area (Å²) in [5, 5.41) is 3.46. The smallest absolute Gasteiger partial charge is 0.230 e. The van der Waals surface area contributed by atoms with Gasteiger partial charge >= 0.3 is 0 Å². The van der Waals surface area contributed by atoms with E-state index in [0.29, 0.717) is 6.04 Å². The van der Waals surface area contributed by atoms with Gasteiger partial charge in [-0.3, -0.25) is 14.5 Å². The summed E-state index contributed by atoms with van der Waals surface area (Å²) in [5.41, 5.74) is 14.6. The van der Waals surface area contributed by atoms with Gasteiger partial charge in [0.25, 0.3) is 0 Å². The lowest BCUT2D eigenvalue weighted by molar-refractivity contribution is -0.131. The molecule has 160 valence electrons. The maximum atomic E-state index is 11.6. The SMILES string of the molecule is COc1ccc(CC(C(N)=O)C(N)=O)cc1-c1cccc(CN2CCN[C@H](C)C2)c1. The van der Waals surface area contributed by atoms with Crippen LogP contribution < -0.4 is 21.5 Å². The second-order valence-corrected chi connectivity index (χ2v) is 7.89. The fourth-order valence-corrected chi connectivity index (χ4v) is 3.94. The molecule has 0 spiro atoms. The second-order valence-electron chi connectivity index (χ2n) is 7.89. The summed E-state index contributed by atoms with van der Waals surface area (Å²) in [6, 6.07) is 14.5. The van der Waals surface area contributed by atoms with E-state index in [1.165, 1.54) is 5.56 Å². The topological polar surface area (TPSA) is 111 Å². The van der Waals surface area contributed by atoms with Crippen molar-refractivity contribution in [1.29, 1.82) is 0 Å². The molecule has 2 aromatic carbocycles. The number of hydrogen-bond acceptors (Lipinski definition) is 5. The number of primary amides is 2. The van der Waals surface area contributed by atoms with Crippen LogP contribution in [-0.2, 0) is 22.6 Å². The molecule has 1 heterocycles. The van der Waals surface area contributed by atoms with Crippen molar-refractivity contribution in [3.05, 3.63) is 53.6 Å². The number of piperazine rings is 1. The van der Waals surface area contributed by atoms with Crippen molar-refractivity contribution in [2.24, 2.45) is 17.4 Å². The Morgan fingerprint density at radius 2 is 1.93 bits per heavy atom. The summed E-state index contributed by atoms with van der Waals surface area (Å²) < 4.78 is 5.56. The molecule has 0 unspecified atom stereocenters. The van der Waals surface area contributed by atoms with Crippen LogP contribution in [-0.4, -0.2) is 49.5 Å². The standard InChI is InChI=1S/C23H30N4O3/c1-15-13-27(9-8-26-15)14-17-4-3-5-18(10-17)19-11-16(6-7-21(19)30-2)12-20(22(24)28)23(25)29/h3-7,10-11,15,20,26H,8-9,12-14H2,1-2H3,(H2,24,28)(H2,25,29)/t15-/m1/s1. The number of nitrogens with two attached hydrogens (primary N) is 2. The largest absolute Gasteiger partial charge is 0.496 e. The molecule has 1 saturated heterocycles. The first-order valence-electron chi connectivity index (χ1n) is 10.2. The average Bonchev–Trinajstić information content (AvgIpc) is 2.71. The lowest BCUT2D eigenvalue weighted by Gasteiger charge is -2.31. The number of carbonyl (C=O) groups is 2. The van der Waals surface area contributed by atoms with Crippen molar-refractivity contribution in [1.82, 2.24) is 10.2 Å². The number of methoxy groups -OCH3 is 1. The molecule has 2 amide bonds. The molecule has 1 aliphatic heterocycles. The highest BCUT2D eigenvalue weighted by atomic mass is 16.5. The molecule has 30 heavy (non-hydrogen) atoms. The van der Waals surface area contributed by atoms with Crippen molar-refractivity contribution in [2.75, 3.05) is 26.7 Å². The average molecular weight is 411 g/mol. The molecule has 2 aromatic rings. The number of hydrogen-bond donors (Lipinski definition) is 3. The van der Waals surface area contributed by atoms with Gasteiger partial charge in [0.2, 0.25) is 11.8 Å². The zero-order valence-corrected chi connectivity index (χ0v) is 17.6. The summed E-state index contributed by atoms with van der Waals surface area (Å²) in [4.78, 5) is 25.6. The van der Waals surface area contributed by atoms with Gasteiger partial charge < -0.3 is 21.5 Å². The Bertz CT molecular complexity index is 901. The maximum absolute atomic E-state index is 11.6. The van der Waals surface area contributed by atoms with E-state index >= 15 is 0 Å². The Hall–Kier alpha value is -2.90. The van der Waals surface area contributed by atoms with Crippen LogP contribution in [0.4, 0.5) is 0 Å². The van der Waals surface area contributed by atoms with Crippen molar-refractivity contribution in [3.8, 4) is 16.9 Å². The van der Waals surface area contributed by atoms with Crippen molar-refractivity contribution in [2.45, 2.75) is 25.9 Å². The van der Waals surface area contributed by atoms with Gasteiger partial charge in [-0.15, -0.1) is 0 Å². The minimum absolute atomic E-state index is 0.167. The van der Waals surface area contributed by atoms with E-state index in [1.54, 1.807) is 7.11 Å². The summed E-state index contributed by atoms with van der Waals surface area (Å²) in [7, 11) is 1.63. The lowest BCUT2D eigenvalue weighted by Crippen LogP contribution is -2.48. The van der Waals surface area contributed by atoms with Gasteiger partial charge in [0.15, 0.2) is 0 Å². The summed E-state index contributed by atoms with van der Waals surface area (Å²) in [6.45, 7) is 6.12. The summed E-state index contributed by atoms with van der Waals surface area (Å²) in [6.07, 6.45) is 0.167. The highest BCUT2D eigenvalue weighted by Crippen LogP contribution is 2.32. The summed E-state index contributed by atoms with van der Waals surface area (Å²) in [5.74, 6) is -1.74. The molecule has 0 saturated carbocycles. The molecule has 5 N–H and O–H groups in total. The quantitative estimate of drug-likeness (QED) is 0.568. The van der Waals surface area contributed by atoms with Gasteiger partial charge in [0, 0.05) is 37.8 Å². The predicted octanol–water partition coefficient (Wildman–Crippen LogP) is 1.29. The second kappa shape index (κ2) is 9.73. The van der Waals surface area contributed by atoms with Crippen molar-refractivity contribution < 1.29 is 14.3 Å². The number of ether oxygens (including phenoxy) is 1. The first-order chi connectivity index (χ1) is 14.4. The van der Waals surface area contributed by atoms with E-state index < -0.39 is 17.7 Å². The minimum Gasteiger partial charge on any atom is -0.496 e. The Morgan fingerprint density at radius 1 is 1.17 bits per heavy atom. The van der Waals surface area contributed by atoms with Crippen molar-refractivity contribution >= 4 is 11.8 Å². The molecule has 1 fully saturated rings. The molecule has 0 aliphatic carbocycles. The molecular weight excluding hydrogens is 380 g/mol. The number of benzene rings is 2. The van der Waals surface area contributed by atoms with Crippen LogP contribution in [0.3, 0.4) is 0 Å². The minimum atomic E-state index is -1.03. The van der Waals surface area contributed by atoms with E-state index in [9.17, 15) is 9.59 Å². The molecule has 1 atom stereocenters. The molecule has 0 bridgehead atoms. The Balaban J connectivity index is 1.86. The molecule has 7 nitrogen and oxygen atoms in total. The molecule has 3 rings (SSSR count). The van der Waals surface area contributed by atoms with Gasteiger partial charge in [-0.05, 0) is 48.2 Å². The van der Waals surface area contributed by atoms with Crippen LogP contribution in [0.2, 0.25) is 0 Å². The number of nitrogens with one attached hydrogen (secondary N) is 1. The number of rotatable bonds is 8. The first kappa shape index (κ1) is 21.8. The van der Waals surface area contributed by atoms with Gasteiger partial charge in [-0.25, -0.2) is 0 Å².